The van der Waals surface area contributed by atoms with Gasteiger partial charge in [0.25, 0.3) is 0 Å². The molecule has 1 heterocycles. The summed E-state index contributed by atoms with van der Waals surface area (Å²) in [6, 6.07) is 10.2. The Morgan fingerprint density at radius 1 is 1.38 bits per heavy atom. The molecule has 1 saturated heterocycles. The Morgan fingerprint density at radius 3 is 2.48 bits per heavy atom. The molecule has 1 aromatic rings. The molecule has 1 aromatic carbocycles. The fourth-order valence-corrected chi connectivity index (χ4v) is 1.72. The third kappa shape index (κ3) is 7.22. The largest absolute Gasteiger partial charge is 0.479 e. The summed E-state index contributed by atoms with van der Waals surface area (Å²) in [7, 11) is 0. The second-order valence-corrected chi connectivity index (χ2v) is 5.19. The third-order valence-corrected chi connectivity index (χ3v) is 2.74. The molecule has 118 valence electrons. The predicted octanol–water partition coefficient (Wildman–Crippen LogP) is 2.84. The minimum Gasteiger partial charge on any atom is -0.479 e. The molecule has 0 aliphatic carbocycles. The van der Waals surface area contributed by atoms with E-state index in [-0.39, 0.29) is 6.61 Å². The highest BCUT2D eigenvalue weighted by atomic mass is 16.7. The lowest BCUT2D eigenvalue weighted by atomic mass is 10.2. The number of carboxylic acids is 1. The molecule has 1 unspecified atom stereocenters. The normalized spacial score (nSPS) is 19.7. The van der Waals surface area contributed by atoms with Gasteiger partial charge in [0, 0.05) is 6.61 Å². The second kappa shape index (κ2) is 8.77. The summed E-state index contributed by atoms with van der Waals surface area (Å²) >= 11 is 0. The highest BCUT2D eigenvalue weighted by molar-refractivity contribution is 5.72. The van der Waals surface area contributed by atoms with Crippen LogP contribution in [0.5, 0.6) is 0 Å². The quantitative estimate of drug-likeness (QED) is 0.846. The molecule has 1 atom stereocenters. The molecule has 2 rings (SSSR count). The van der Waals surface area contributed by atoms with Crippen LogP contribution in [0.4, 0.5) is 0 Å². The van der Waals surface area contributed by atoms with Crippen LogP contribution in [-0.2, 0) is 25.6 Å². The zero-order chi connectivity index (χ0) is 15.7. The van der Waals surface area contributed by atoms with Gasteiger partial charge in [0.2, 0.25) is 0 Å². The number of hydrogen-bond acceptors (Lipinski definition) is 4. The van der Waals surface area contributed by atoms with Gasteiger partial charge in [-0.05, 0) is 25.8 Å². The van der Waals surface area contributed by atoms with Crippen molar-refractivity contribution in [3.05, 3.63) is 35.9 Å². The van der Waals surface area contributed by atoms with Gasteiger partial charge in [-0.15, -0.1) is 0 Å². The lowest BCUT2D eigenvalue weighted by molar-refractivity contribution is -0.164. The van der Waals surface area contributed by atoms with Crippen molar-refractivity contribution in [3.8, 4) is 0 Å². The Morgan fingerprint density at radius 2 is 2.05 bits per heavy atom. The standard InChI is InChI=1S/C10H14O.C6H10O4/c1-2-8-11-9-10-6-4-3-5-7-10;1-6(2)9-3-4(10-6)5(7)8/h3-7H,2,8-9H2,1H3;4H,3H2,1-2H3,(H,7,8). The molecule has 1 aliphatic rings. The summed E-state index contributed by atoms with van der Waals surface area (Å²) in [5, 5.41) is 8.44. The van der Waals surface area contributed by atoms with E-state index < -0.39 is 17.9 Å². The summed E-state index contributed by atoms with van der Waals surface area (Å²) in [6.07, 6.45) is 0.294. The van der Waals surface area contributed by atoms with Gasteiger partial charge in [-0.2, -0.15) is 0 Å². The Bertz CT molecular complexity index is 416. The topological polar surface area (TPSA) is 65.0 Å². The van der Waals surface area contributed by atoms with Gasteiger partial charge < -0.3 is 19.3 Å². The average Bonchev–Trinajstić information content (AvgIpc) is 2.82. The summed E-state index contributed by atoms with van der Waals surface area (Å²) in [6.45, 7) is 7.24. The predicted molar refractivity (Wildman–Crippen MR) is 78.9 cm³/mol. The molecule has 1 fully saturated rings. The number of aliphatic carboxylic acids is 1. The summed E-state index contributed by atoms with van der Waals surface area (Å²) in [4.78, 5) is 10.3. The first-order valence-electron chi connectivity index (χ1n) is 7.11. The highest BCUT2D eigenvalue weighted by Gasteiger charge is 2.36. The van der Waals surface area contributed by atoms with Crippen molar-refractivity contribution in [3.63, 3.8) is 0 Å². The molecule has 5 nitrogen and oxygen atoms in total. The van der Waals surface area contributed by atoms with Crippen LogP contribution in [0.3, 0.4) is 0 Å². The molecule has 0 amide bonds. The van der Waals surface area contributed by atoms with Crippen molar-refractivity contribution in [1.29, 1.82) is 0 Å². The summed E-state index contributed by atoms with van der Waals surface area (Å²) < 4.78 is 15.4. The van der Waals surface area contributed by atoms with Crippen molar-refractivity contribution in [2.75, 3.05) is 13.2 Å². The average molecular weight is 296 g/mol. The van der Waals surface area contributed by atoms with E-state index in [9.17, 15) is 4.79 Å². The zero-order valence-electron chi connectivity index (χ0n) is 12.9. The van der Waals surface area contributed by atoms with Crippen LogP contribution in [0.1, 0.15) is 32.8 Å². The molecular weight excluding hydrogens is 272 g/mol. The Kier molecular flexibility index (Phi) is 7.36. The van der Waals surface area contributed by atoms with Crippen LogP contribution in [0.15, 0.2) is 30.3 Å². The van der Waals surface area contributed by atoms with Crippen molar-refractivity contribution in [2.45, 2.75) is 45.7 Å². The van der Waals surface area contributed by atoms with E-state index in [0.29, 0.717) is 0 Å². The Balaban J connectivity index is 0.000000211. The smallest absolute Gasteiger partial charge is 0.335 e. The van der Waals surface area contributed by atoms with Crippen molar-refractivity contribution in [2.24, 2.45) is 0 Å². The first kappa shape index (κ1) is 17.6. The van der Waals surface area contributed by atoms with Gasteiger partial charge in [-0.25, -0.2) is 4.79 Å². The van der Waals surface area contributed by atoms with Crippen molar-refractivity contribution >= 4 is 5.97 Å². The molecular formula is C16H24O5. The summed E-state index contributed by atoms with van der Waals surface area (Å²) in [5.74, 6) is -1.70. The Labute approximate surface area is 125 Å². The van der Waals surface area contributed by atoms with E-state index in [1.54, 1.807) is 13.8 Å². The molecule has 0 radical (unpaired) electrons. The molecule has 1 N–H and O–H groups in total. The lowest BCUT2D eigenvalue weighted by Gasteiger charge is -2.15. The molecule has 5 heteroatoms. The number of carboxylic acid groups (broad SMARTS) is 1. The van der Waals surface area contributed by atoms with Crippen LogP contribution < -0.4 is 0 Å². The van der Waals surface area contributed by atoms with Gasteiger partial charge in [0.1, 0.15) is 0 Å². The van der Waals surface area contributed by atoms with E-state index in [1.807, 2.05) is 18.2 Å². The summed E-state index contributed by atoms with van der Waals surface area (Å²) in [5.41, 5.74) is 1.25. The van der Waals surface area contributed by atoms with Crippen LogP contribution >= 0.6 is 0 Å². The van der Waals surface area contributed by atoms with E-state index in [1.165, 1.54) is 5.56 Å². The maximum atomic E-state index is 10.3. The SMILES string of the molecule is CC1(C)OCC(C(=O)O)O1.CCCOCc1ccccc1. The molecule has 21 heavy (non-hydrogen) atoms. The van der Waals surface area contributed by atoms with Crippen LogP contribution in [-0.4, -0.2) is 36.2 Å². The van der Waals surface area contributed by atoms with Crippen molar-refractivity contribution in [1.82, 2.24) is 0 Å². The van der Waals surface area contributed by atoms with Gasteiger partial charge >= 0.3 is 5.97 Å². The fraction of sp³-hybridized carbons (Fsp3) is 0.562. The first-order valence-corrected chi connectivity index (χ1v) is 7.11. The zero-order valence-corrected chi connectivity index (χ0v) is 12.9. The fourth-order valence-electron chi connectivity index (χ4n) is 1.72. The number of carbonyl (C=O) groups is 1. The molecule has 1 aliphatic heterocycles. The van der Waals surface area contributed by atoms with Gasteiger partial charge in [-0.3, -0.25) is 0 Å². The van der Waals surface area contributed by atoms with Gasteiger partial charge in [-0.1, -0.05) is 37.3 Å². The maximum absolute atomic E-state index is 10.3. The van der Waals surface area contributed by atoms with Crippen LogP contribution in [0.25, 0.3) is 0 Å². The van der Waals surface area contributed by atoms with E-state index in [0.717, 1.165) is 19.6 Å². The maximum Gasteiger partial charge on any atom is 0.335 e. The molecule has 0 bridgehead atoms. The van der Waals surface area contributed by atoms with Crippen molar-refractivity contribution < 1.29 is 24.1 Å². The van der Waals surface area contributed by atoms with E-state index >= 15 is 0 Å². The third-order valence-electron chi connectivity index (χ3n) is 2.74. The van der Waals surface area contributed by atoms with E-state index in [2.05, 4.69) is 19.1 Å². The minimum absolute atomic E-state index is 0.141. The number of benzene rings is 1. The minimum atomic E-state index is -0.967. The first-order chi connectivity index (χ1) is 9.94. The van der Waals surface area contributed by atoms with Gasteiger partial charge in [0.05, 0.1) is 13.2 Å². The number of hydrogen-bond donors (Lipinski definition) is 1. The second-order valence-electron chi connectivity index (χ2n) is 5.19. The lowest BCUT2D eigenvalue weighted by Crippen LogP contribution is -2.26. The van der Waals surface area contributed by atoms with Gasteiger partial charge in [0.15, 0.2) is 11.9 Å². The van der Waals surface area contributed by atoms with E-state index in [4.69, 9.17) is 19.3 Å². The van der Waals surface area contributed by atoms with Crippen LogP contribution in [0, 0.1) is 0 Å². The number of ether oxygens (including phenoxy) is 3. The molecule has 0 aromatic heterocycles. The highest BCUT2D eigenvalue weighted by Crippen LogP contribution is 2.21. The molecule has 0 spiro atoms. The number of rotatable bonds is 5. The molecule has 0 saturated carbocycles. The Hall–Kier alpha value is -1.43. The monoisotopic (exact) mass is 296 g/mol. The van der Waals surface area contributed by atoms with Crippen LogP contribution in [0.2, 0.25) is 0 Å².